The van der Waals surface area contributed by atoms with Crippen molar-refractivity contribution in [2.45, 2.75) is 13.0 Å². The number of aromatic nitrogens is 1. The summed E-state index contributed by atoms with van der Waals surface area (Å²) in [6.45, 7) is 1.87. The fourth-order valence-electron chi connectivity index (χ4n) is 0.992. The first-order valence-corrected chi connectivity index (χ1v) is 3.89. The Bertz CT molecular complexity index is 186. The topological polar surface area (TPSA) is 27.0 Å². The lowest BCUT2D eigenvalue weighted by atomic mass is 10.2. The van der Waals surface area contributed by atoms with E-state index in [0.717, 1.165) is 19.5 Å². The van der Waals surface area contributed by atoms with Gasteiger partial charge in [-0.2, -0.15) is 0 Å². The molecule has 1 aromatic rings. The Hall–Kier alpha value is -0.410. The van der Waals surface area contributed by atoms with Gasteiger partial charge in [0.25, 0.3) is 0 Å². The van der Waals surface area contributed by atoms with Crippen LogP contribution in [0.4, 0.5) is 0 Å². The van der Waals surface area contributed by atoms with Crippen molar-refractivity contribution in [1.82, 2.24) is 10.3 Å². The Morgan fingerprint density at radius 1 is 1.56 bits per heavy atom. The molecule has 2 rings (SSSR count). The predicted molar refractivity (Wildman–Crippen MR) is 36.5 cm³/mol. The van der Waals surface area contributed by atoms with E-state index in [2.05, 4.69) is 10.3 Å². The van der Waals surface area contributed by atoms with Gasteiger partial charge in [0, 0.05) is 24.4 Å². The van der Waals surface area contributed by atoms with Crippen LogP contribution in [0.15, 0.2) is 5.51 Å². The van der Waals surface area contributed by atoms with Crippen LogP contribution in [0.2, 0.25) is 0 Å². The first-order chi connectivity index (χ1) is 4.47. The number of nitrogens with zero attached hydrogens (tertiary/aromatic N) is 2. The van der Waals surface area contributed by atoms with Crippen molar-refractivity contribution in [3.8, 4) is 0 Å². The minimum atomic E-state index is 0.903. The first kappa shape index (κ1) is 5.38. The van der Waals surface area contributed by atoms with Crippen molar-refractivity contribution in [1.29, 1.82) is 0 Å². The van der Waals surface area contributed by atoms with Crippen molar-refractivity contribution < 1.29 is 0 Å². The standard InChI is InChI=1S/C6H7N2S/c1-2-7-3-6-5(1)8-4-9-6/h4H,1-3H2. The summed E-state index contributed by atoms with van der Waals surface area (Å²) in [6, 6.07) is 0. The predicted octanol–water partition coefficient (Wildman–Crippen LogP) is 0.804. The molecule has 0 atom stereocenters. The molecule has 47 valence electrons. The Morgan fingerprint density at radius 3 is 3.44 bits per heavy atom. The zero-order chi connectivity index (χ0) is 6.10. The lowest BCUT2D eigenvalue weighted by Crippen LogP contribution is -2.15. The maximum atomic E-state index is 4.26. The van der Waals surface area contributed by atoms with Crippen molar-refractivity contribution >= 4 is 11.3 Å². The molecule has 0 aromatic carbocycles. The van der Waals surface area contributed by atoms with E-state index < -0.39 is 0 Å². The molecule has 0 spiro atoms. The largest absolute Gasteiger partial charge is 0.249 e. The summed E-state index contributed by atoms with van der Waals surface area (Å²) in [6.07, 6.45) is 1.05. The van der Waals surface area contributed by atoms with Crippen molar-refractivity contribution in [3.63, 3.8) is 0 Å². The Kier molecular flexibility index (Phi) is 1.24. The molecule has 0 saturated carbocycles. The average Bonchev–Trinajstić information content (AvgIpc) is 2.33. The molecule has 2 heterocycles. The number of thiazole rings is 1. The van der Waals surface area contributed by atoms with Crippen LogP contribution in [0.3, 0.4) is 0 Å². The van der Waals surface area contributed by atoms with Gasteiger partial charge in [-0.1, -0.05) is 0 Å². The molecule has 0 fully saturated rings. The summed E-state index contributed by atoms with van der Waals surface area (Å²) < 4.78 is 0. The second-order valence-electron chi connectivity index (χ2n) is 2.08. The summed E-state index contributed by atoms with van der Waals surface area (Å²) in [5, 5.41) is 4.26. The van der Waals surface area contributed by atoms with Gasteiger partial charge in [0.05, 0.1) is 11.2 Å². The lowest BCUT2D eigenvalue weighted by Gasteiger charge is -2.07. The molecule has 0 saturated heterocycles. The van der Waals surface area contributed by atoms with Crippen LogP contribution in [0.1, 0.15) is 10.6 Å². The van der Waals surface area contributed by atoms with E-state index in [4.69, 9.17) is 0 Å². The van der Waals surface area contributed by atoms with E-state index in [1.807, 2.05) is 5.51 Å². The molecule has 0 unspecified atom stereocenters. The zero-order valence-electron chi connectivity index (χ0n) is 5.00. The van der Waals surface area contributed by atoms with Gasteiger partial charge in [-0.15, -0.1) is 11.3 Å². The summed E-state index contributed by atoms with van der Waals surface area (Å²) in [5.41, 5.74) is 3.18. The molecule has 3 heteroatoms. The highest BCUT2D eigenvalue weighted by molar-refractivity contribution is 7.09. The highest BCUT2D eigenvalue weighted by Gasteiger charge is 2.10. The molecule has 9 heavy (non-hydrogen) atoms. The summed E-state index contributed by atoms with van der Waals surface area (Å²) in [7, 11) is 0. The number of hydrogen-bond acceptors (Lipinski definition) is 2. The second kappa shape index (κ2) is 2.08. The molecular formula is C6H7N2S. The van der Waals surface area contributed by atoms with E-state index in [0.29, 0.717) is 0 Å². The third-order valence-electron chi connectivity index (χ3n) is 1.49. The first-order valence-electron chi connectivity index (χ1n) is 3.01. The lowest BCUT2D eigenvalue weighted by molar-refractivity contribution is 0.630. The second-order valence-corrected chi connectivity index (χ2v) is 3.02. The van der Waals surface area contributed by atoms with Crippen LogP contribution in [0, 0.1) is 0 Å². The van der Waals surface area contributed by atoms with Crippen molar-refractivity contribution in [2.75, 3.05) is 6.54 Å². The Labute approximate surface area is 57.9 Å². The zero-order valence-corrected chi connectivity index (χ0v) is 5.82. The number of rotatable bonds is 0. The molecule has 1 radical (unpaired) electrons. The maximum Gasteiger partial charge on any atom is 0.0798 e. The monoisotopic (exact) mass is 139 g/mol. The third-order valence-corrected chi connectivity index (χ3v) is 2.35. The summed E-state index contributed by atoms with van der Waals surface area (Å²) >= 11 is 1.72. The van der Waals surface area contributed by atoms with Crippen LogP contribution in [-0.2, 0) is 13.0 Å². The Morgan fingerprint density at radius 2 is 2.56 bits per heavy atom. The number of hydrogen-bond donors (Lipinski definition) is 0. The van der Waals surface area contributed by atoms with E-state index in [9.17, 15) is 0 Å². The molecule has 1 aromatic heterocycles. The van der Waals surface area contributed by atoms with Crippen LogP contribution in [0.5, 0.6) is 0 Å². The molecular weight excluding hydrogens is 132 g/mol. The van der Waals surface area contributed by atoms with E-state index in [1.54, 1.807) is 11.3 Å². The SMILES string of the molecule is c1nc2c(s1)C[N]CC2. The third kappa shape index (κ3) is 0.862. The van der Waals surface area contributed by atoms with Gasteiger partial charge < -0.3 is 0 Å². The molecule has 1 aliphatic rings. The van der Waals surface area contributed by atoms with Gasteiger partial charge in [0.15, 0.2) is 0 Å². The normalized spacial score (nSPS) is 17.3. The highest BCUT2D eigenvalue weighted by atomic mass is 32.1. The van der Waals surface area contributed by atoms with Gasteiger partial charge in [-0.3, -0.25) is 0 Å². The molecule has 0 bridgehead atoms. The minimum Gasteiger partial charge on any atom is -0.249 e. The molecule has 1 aliphatic heterocycles. The quantitative estimate of drug-likeness (QED) is 0.522. The summed E-state index contributed by atoms with van der Waals surface area (Å²) in [5.74, 6) is 0. The van der Waals surface area contributed by atoms with Crippen LogP contribution >= 0.6 is 11.3 Å². The summed E-state index contributed by atoms with van der Waals surface area (Å²) in [4.78, 5) is 5.58. The minimum absolute atomic E-state index is 0.903. The smallest absolute Gasteiger partial charge is 0.0798 e. The molecule has 2 nitrogen and oxygen atoms in total. The van der Waals surface area contributed by atoms with E-state index >= 15 is 0 Å². The van der Waals surface area contributed by atoms with E-state index in [1.165, 1.54) is 10.6 Å². The van der Waals surface area contributed by atoms with Gasteiger partial charge in [0.1, 0.15) is 0 Å². The van der Waals surface area contributed by atoms with Crippen LogP contribution in [-0.4, -0.2) is 11.5 Å². The highest BCUT2D eigenvalue weighted by Crippen LogP contribution is 2.16. The van der Waals surface area contributed by atoms with E-state index in [-0.39, 0.29) is 0 Å². The van der Waals surface area contributed by atoms with Gasteiger partial charge in [-0.25, -0.2) is 10.3 Å². The maximum absolute atomic E-state index is 4.26. The number of fused-ring (bicyclic) bond motifs is 1. The van der Waals surface area contributed by atoms with Crippen LogP contribution in [0.25, 0.3) is 0 Å². The Balaban J connectivity index is 2.39. The molecule has 0 N–H and O–H groups in total. The van der Waals surface area contributed by atoms with Crippen molar-refractivity contribution in [2.24, 2.45) is 0 Å². The van der Waals surface area contributed by atoms with Gasteiger partial charge in [0.2, 0.25) is 0 Å². The molecule has 0 aliphatic carbocycles. The van der Waals surface area contributed by atoms with Gasteiger partial charge in [-0.05, 0) is 0 Å². The van der Waals surface area contributed by atoms with Crippen molar-refractivity contribution in [3.05, 3.63) is 16.1 Å². The van der Waals surface area contributed by atoms with Crippen LogP contribution < -0.4 is 5.32 Å². The fourth-order valence-corrected chi connectivity index (χ4v) is 1.76. The average molecular weight is 139 g/mol. The molecule has 0 amide bonds. The fraction of sp³-hybridized carbons (Fsp3) is 0.500. The van der Waals surface area contributed by atoms with Gasteiger partial charge >= 0.3 is 0 Å².